The van der Waals surface area contributed by atoms with E-state index >= 15 is 0 Å². The van der Waals surface area contributed by atoms with Crippen molar-refractivity contribution in [3.05, 3.63) is 64.9 Å². The van der Waals surface area contributed by atoms with E-state index in [4.69, 9.17) is 21.1 Å². The standard InChI is InChI=1S/C21H21ClFNO4/c1-21(2,28-17-11-5-14(22)6-12-17)20(26)27-18(19(25)24-16-9-10-16)13-3-7-15(23)8-4-13/h3-8,11-12,16,18H,9-10H2,1-2H3,(H,24,25)/t18-/m1/s1. The number of esters is 1. The van der Waals surface area contributed by atoms with Crippen molar-refractivity contribution >= 4 is 23.5 Å². The number of rotatable bonds is 7. The molecule has 0 aliphatic heterocycles. The monoisotopic (exact) mass is 405 g/mol. The van der Waals surface area contributed by atoms with E-state index < -0.39 is 29.4 Å². The largest absolute Gasteiger partial charge is 0.476 e. The van der Waals surface area contributed by atoms with Crippen molar-refractivity contribution < 1.29 is 23.5 Å². The zero-order valence-corrected chi connectivity index (χ0v) is 16.3. The number of carbonyl (C=O) groups is 2. The minimum Gasteiger partial charge on any atom is -0.476 e. The van der Waals surface area contributed by atoms with Gasteiger partial charge in [-0.3, -0.25) is 4.79 Å². The van der Waals surface area contributed by atoms with Crippen LogP contribution in [0.3, 0.4) is 0 Å². The molecule has 0 aromatic heterocycles. The molecule has 1 amide bonds. The molecule has 28 heavy (non-hydrogen) atoms. The molecule has 0 unspecified atom stereocenters. The van der Waals surface area contributed by atoms with Gasteiger partial charge in [-0.25, -0.2) is 9.18 Å². The third-order valence-corrected chi connectivity index (χ3v) is 4.49. The molecule has 0 saturated heterocycles. The topological polar surface area (TPSA) is 64.6 Å². The fourth-order valence-electron chi connectivity index (χ4n) is 2.50. The SMILES string of the molecule is CC(C)(Oc1ccc(Cl)cc1)C(=O)O[C@@H](C(=O)NC1CC1)c1ccc(F)cc1. The van der Waals surface area contributed by atoms with E-state index in [1.807, 2.05) is 0 Å². The van der Waals surface area contributed by atoms with Gasteiger partial charge in [-0.1, -0.05) is 23.7 Å². The Morgan fingerprint density at radius 3 is 2.29 bits per heavy atom. The summed E-state index contributed by atoms with van der Waals surface area (Å²) in [6.45, 7) is 3.09. The lowest BCUT2D eigenvalue weighted by Crippen LogP contribution is -2.43. The van der Waals surface area contributed by atoms with Crippen LogP contribution in [0.5, 0.6) is 5.75 Å². The predicted molar refractivity (Wildman–Crippen MR) is 103 cm³/mol. The van der Waals surface area contributed by atoms with Crippen molar-refractivity contribution in [2.45, 2.75) is 44.4 Å². The second-order valence-electron chi connectivity index (χ2n) is 7.19. The molecule has 1 aliphatic carbocycles. The van der Waals surface area contributed by atoms with Crippen LogP contribution in [0.4, 0.5) is 4.39 Å². The summed E-state index contributed by atoms with van der Waals surface area (Å²) in [6, 6.07) is 11.9. The molecule has 7 heteroatoms. The second-order valence-corrected chi connectivity index (χ2v) is 7.62. The van der Waals surface area contributed by atoms with Gasteiger partial charge in [0.05, 0.1) is 0 Å². The van der Waals surface area contributed by atoms with Crippen LogP contribution in [-0.2, 0) is 14.3 Å². The van der Waals surface area contributed by atoms with E-state index in [0.717, 1.165) is 12.8 Å². The van der Waals surface area contributed by atoms with E-state index in [9.17, 15) is 14.0 Å². The van der Waals surface area contributed by atoms with E-state index in [1.165, 1.54) is 24.3 Å². The van der Waals surface area contributed by atoms with E-state index in [-0.39, 0.29) is 6.04 Å². The first-order valence-electron chi connectivity index (χ1n) is 8.96. The van der Waals surface area contributed by atoms with Crippen LogP contribution in [0.25, 0.3) is 0 Å². The second kappa shape index (κ2) is 8.19. The van der Waals surface area contributed by atoms with Crippen LogP contribution in [0.15, 0.2) is 48.5 Å². The molecule has 0 bridgehead atoms. The fourth-order valence-corrected chi connectivity index (χ4v) is 2.63. The average Bonchev–Trinajstić information content (AvgIpc) is 3.46. The molecule has 0 radical (unpaired) electrons. The normalized spacial score (nSPS) is 14.9. The molecule has 3 rings (SSSR count). The first kappa shape index (κ1) is 20.1. The van der Waals surface area contributed by atoms with E-state index in [0.29, 0.717) is 16.3 Å². The number of halogens is 2. The van der Waals surface area contributed by atoms with Crippen LogP contribution in [0.2, 0.25) is 5.02 Å². The lowest BCUT2D eigenvalue weighted by atomic mass is 10.1. The lowest BCUT2D eigenvalue weighted by Gasteiger charge is -2.27. The number of nitrogens with one attached hydrogen (secondary N) is 1. The van der Waals surface area contributed by atoms with Crippen LogP contribution < -0.4 is 10.1 Å². The zero-order chi connectivity index (χ0) is 20.3. The quantitative estimate of drug-likeness (QED) is 0.701. The Morgan fingerprint density at radius 2 is 1.71 bits per heavy atom. The third kappa shape index (κ3) is 5.23. The van der Waals surface area contributed by atoms with Crippen molar-refractivity contribution in [2.75, 3.05) is 0 Å². The van der Waals surface area contributed by atoms with Crippen molar-refractivity contribution in [3.8, 4) is 5.75 Å². The van der Waals surface area contributed by atoms with Gasteiger partial charge in [-0.2, -0.15) is 0 Å². The number of ether oxygens (including phenoxy) is 2. The van der Waals surface area contributed by atoms with Gasteiger partial charge in [0, 0.05) is 16.6 Å². The van der Waals surface area contributed by atoms with E-state index in [2.05, 4.69) is 5.32 Å². The summed E-state index contributed by atoms with van der Waals surface area (Å²) in [4.78, 5) is 25.4. The minimum atomic E-state index is -1.36. The molecule has 2 aromatic rings. The van der Waals surface area contributed by atoms with Crippen LogP contribution in [0.1, 0.15) is 38.4 Å². The molecule has 148 valence electrons. The predicted octanol–water partition coefficient (Wildman–Crippen LogP) is 4.20. The van der Waals surface area contributed by atoms with Gasteiger partial charge in [0.1, 0.15) is 11.6 Å². The van der Waals surface area contributed by atoms with Gasteiger partial charge < -0.3 is 14.8 Å². The first-order chi connectivity index (χ1) is 13.2. The van der Waals surface area contributed by atoms with Crippen molar-refractivity contribution in [1.29, 1.82) is 0 Å². The summed E-state index contributed by atoms with van der Waals surface area (Å²) in [5, 5.41) is 3.36. The highest BCUT2D eigenvalue weighted by Crippen LogP contribution is 2.27. The Bertz CT molecular complexity index is 848. The fraction of sp³-hybridized carbons (Fsp3) is 0.333. The average molecular weight is 406 g/mol. The van der Waals surface area contributed by atoms with Crippen LogP contribution in [-0.4, -0.2) is 23.5 Å². The maximum atomic E-state index is 13.3. The highest BCUT2D eigenvalue weighted by Gasteiger charge is 2.37. The molecular formula is C21H21ClFNO4. The van der Waals surface area contributed by atoms with Crippen molar-refractivity contribution in [3.63, 3.8) is 0 Å². The molecule has 0 heterocycles. The molecule has 1 fully saturated rings. The Labute approximate surface area is 167 Å². The summed E-state index contributed by atoms with van der Waals surface area (Å²) in [7, 11) is 0. The van der Waals surface area contributed by atoms with Crippen LogP contribution >= 0.6 is 11.6 Å². The Kier molecular flexibility index (Phi) is 5.89. The van der Waals surface area contributed by atoms with Crippen LogP contribution in [0, 0.1) is 5.82 Å². The number of carbonyl (C=O) groups excluding carboxylic acids is 2. The number of hydrogen-bond donors (Lipinski definition) is 1. The van der Waals surface area contributed by atoms with Gasteiger partial charge in [0.25, 0.3) is 5.91 Å². The summed E-state index contributed by atoms with van der Waals surface area (Å²) in [5.74, 6) is -1.16. The Balaban J connectivity index is 1.75. The van der Waals surface area contributed by atoms with Gasteiger partial charge >= 0.3 is 5.97 Å². The summed E-state index contributed by atoms with van der Waals surface area (Å²) in [6.07, 6.45) is 0.587. The van der Waals surface area contributed by atoms with Gasteiger partial charge in [0.15, 0.2) is 5.60 Å². The zero-order valence-electron chi connectivity index (χ0n) is 15.6. The molecular weight excluding hydrogens is 385 g/mol. The minimum absolute atomic E-state index is 0.0903. The van der Waals surface area contributed by atoms with E-state index in [1.54, 1.807) is 38.1 Å². The lowest BCUT2D eigenvalue weighted by molar-refractivity contribution is -0.169. The third-order valence-electron chi connectivity index (χ3n) is 4.24. The Morgan fingerprint density at radius 1 is 1.11 bits per heavy atom. The summed E-state index contributed by atoms with van der Waals surface area (Å²) >= 11 is 5.86. The highest BCUT2D eigenvalue weighted by atomic mass is 35.5. The maximum absolute atomic E-state index is 13.3. The molecule has 1 N–H and O–H groups in total. The molecule has 0 spiro atoms. The number of amides is 1. The summed E-state index contributed by atoms with van der Waals surface area (Å²) < 4.78 is 24.5. The Hall–Kier alpha value is -2.60. The highest BCUT2D eigenvalue weighted by molar-refractivity contribution is 6.30. The molecule has 5 nitrogen and oxygen atoms in total. The smallest absolute Gasteiger partial charge is 0.351 e. The van der Waals surface area contributed by atoms with Gasteiger partial charge in [-0.15, -0.1) is 0 Å². The molecule has 1 atom stereocenters. The van der Waals surface area contributed by atoms with Crippen molar-refractivity contribution in [1.82, 2.24) is 5.32 Å². The molecule has 1 aliphatic rings. The number of benzene rings is 2. The number of hydrogen-bond acceptors (Lipinski definition) is 4. The van der Waals surface area contributed by atoms with Gasteiger partial charge in [0.2, 0.25) is 6.10 Å². The first-order valence-corrected chi connectivity index (χ1v) is 9.34. The molecule has 2 aromatic carbocycles. The molecule has 1 saturated carbocycles. The maximum Gasteiger partial charge on any atom is 0.351 e. The summed E-state index contributed by atoms with van der Waals surface area (Å²) in [5.41, 5.74) is -0.971. The van der Waals surface area contributed by atoms with Crippen molar-refractivity contribution in [2.24, 2.45) is 0 Å². The van der Waals surface area contributed by atoms with Gasteiger partial charge in [-0.05, 0) is 63.1 Å².